The van der Waals surface area contributed by atoms with Gasteiger partial charge in [0.25, 0.3) is 0 Å². The minimum atomic E-state index is -1.92. The fourth-order valence-corrected chi connectivity index (χ4v) is 4.32. The van der Waals surface area contributed by atoms with Crippen molar-refractivity contribution in [3.8, 4) is 5.69 Å². The number of nitrogens with zero attached hydrogens (tertiary/aromatic N) is 9. The third kappa shape index (κ3) is 4.10. The van der Waals surface area contributed by atoms with Gasteiger partial charge < -0.3 is 10.0 Å². The minimum absolute atomic E-state index is 0.140. The van der Waals surface area contributed by atoms with Gasteiger partial charge >= 0.3 is 6.03 Å². The van der Waals surface area contributed by atoms with Gasteiger partial charge in [0.15, 0.2) is 0 Å². The molecule has 180 valence electrons. The van der Waals surface area contributed by atoms with E-state index in [1.54, 1.807) is 36.1 Å². The van der Waals surface area contributed by atoms with Crippen LogP contribution in [0.5, 0.6) is 0 Å². The number of aromatic nitrogens is 7. The summed E-state index contributed by atoms with van der Waals surface area (Å²) in [7, 11) is 0. The number of hydrogen-bond donors (Lipinski definition) is 1. The van der Waals surface area contributed by atoms with Crippen molar-refractivity contribution in [2.24, 2.45) is 0 Å². The quantitative estimate of drug-likeness (QED) is 0.427. The molecule has 3 heterocycles. The third-order valence-corrected chi connectivity index (χ3v) is 6.24. The summed E-state index contributed by atoms with van der Waals surface area (Å²) in [6.07, 6.45) is 4.13. The van der Waals surface area contributed by atoms with E-state index >= 15 is 0 Å². The van der Waals surface area contributed by atoms with E-state index in [4.69, 9.17) is 0 Å². The Morgan fingerprint density at radius 1 is 1.09 bits per heavy atom. The molecule has 13 heteroatoms. The van der Waals surface area contributed by atoms with Crippen LogP contribution in [0, 0.1) is 11.6 Å². The Hall–Kier alpha value is -4.26. The molecular weight excluding hydrogens is 460 g/mol. The molecule has 5 rings (SSSR count). The number of amides is 2. The highest BCUT2D eigenvalue weighted by Gasteiger charge is 2.46. The fourth-order valence-electron chi connectivity index (χ4n) is 4.32. The molecule has 2 atom stereocenters. The lowest BCUT2D eigenvalue weighted by Crippen LogP contribution is -2.53. The lowest BCUT2D eigenvalue weighted by molar-refractivity contribution is -0.0475. The van der Waals surface area contributed by atoms with Crippen LogP contribution in [0.25, 0.3) is 5.69 Å². The summed E-state index contributed by atoms with van der Waals surface area (Å²) in [5.74, 6) is -1.68. The Morgan fingerprint density at radius 3 is 2.51 bits per heavy atom. The Balaban J connectivity index is 1.43. The molecular formula is C22H21F2N9O2. The zero-order valence-electron chi connectivity index (χ0n) is 18.6. The zero-order valence-corrected chi connectivity index (χ0v) is 18.6. The fraction of sp³-hybridized carbons (Fsp3) is 0.273. The standard InChI is InChI=1S/C22H21F2N9O2/c1-15(22(35,11-30-13-25-12-27-30)19-7-2-16(23)10-20(19)24)31-8-9-32(21(31)34)17-3-5-18(6-4-17)33-14-26-28-29-33/h2-7,10,12-15,35H,8-9,11H2,1H3/t15-,22+/m1/s1. The monoisotopic (exact) mass is 481 g/mol. The van der Waals surface area contributed by atoms with Gasteiger partial charge in [-0.2, -0.15) is 5.10 Å². The van der Waals surface area contributed by atoms with Gasteiger partial charge in [0, 0.05) is 30.4 Å². The minimum Gasteiger partial charge on any atom is -0.381 e. The summed E-state index contributed by atoms with van der Waals surface area (Å²) in [4.78, 5) is 20.3. The highest BCUT2D eigenvalue weighted by Crippen LogP contribution is 2.35. The van der Waals surface area contributed by atoms with Crippen LogP contribution in [0.4, 0.5) is 19.3 Å². The first-order valence-electron chi connectivity index (χ1n) is 10.8. The van der Waals surface area contributed by atoms with Crippen LogP contribution in [-0.2, 0) is 12.1 Å². The number of urea groups is 1. The molecule has 1 aliphatic heterocycles. The molecule has 1 N–H and O–H groups in total. The molecule has 11 nitrogen and oxygen atoms in total. The molecule has 0 aliphatic carbocycles. The van der Waals surface area contributed by atoms with Crippen molar-refractivity contribution in [2.45, 2.75) is 25.1 Å². The topological polar surface area (TPSA) is 118 Å². The summed E-state index contributed by atoms with van der Waals surface area (Å²) >= 11 is 0. The smallest absolute Gasteiger partial charge is 0.324 e. The lowest BCUT2D eigenvalue weighted by Gasteiger charge is -2.39. The summed E-state index contributed by atoms with van der Waals surface area (Å²) < 4.78 is 31.3. The van der Waals surface area contributed by atoms with Gasteiger partial charge in [-0.1, -0.05) is 6.07 Å². The largest absolute Gasteiger partial charge is 0.381 e. The van der Waals surface area contributed by atoms with Gasteiger partial charge in [-0.05, 0) is 47.7 Å². The SMILES string of the molecule is C[C@@H](N1CCN(c2ccc(-n3cnnn3)cc2)C1=O)[C@@](O)(Cn1cncn1)c1ccc(F)cc1F. The third-order valence-electron chi connectivity index (χ3n) is 6.24. The number of tetrazole rings is 1. The van der Waals surface area contributed by atoms with Crippen molar-refractivity contribution in [3.05, 3.63) is 78.6 Å². The number of halogens is 2. The molecule has 0 spiro atoms. The van der Waals surface area contributed by atoms with E-state index in [1.165, 1.54) is 39.3 Å². The van der Waals surface area contributed by atoms with E-state index < -0.39 is 23.3 Å². The summed E-state index contributed by atoms with van der Waals surface area (Å²) in [6, 6.07) is 8.82. The van der Waals surface area contributed by atoms with Crippen molar-refractivity contribution in [1.29, 1.82) is 0 Å². The van der Waals surface area contributed by atoms with Gasteiger partial charge in [-0.3, -0.25) is 4.90 Å². The van der Waals surface area contributed by atoms with E-state index in [0.29, 0.717) is 18.3 Å². The van der Waals surface area contributed by atoms with Crippen molar-refractivity contribution >= 4 is 11.7 Å². The maximum Gasteiger partial charge on any atom is 0.324 e. The predicted octanol–water partition coefficient (Wildman–Crippen LogP) is 1.75. The van der Waals surface area contributed by atoms with Crippen LogP contribution in [0.15, 0.2) is 61.4 Å². The van der Waals surface area contributed by atoms with Crippen LogP contribution in [-0.4, -0.2) is 70.1 Å². The second-order valence-electron chi connectivity index (χ2n) is 8.22. The number of carbonyl (C=O) groups excluding carboxylic acids is 1. The van der Waals surface area contributed by atoms with E-state index in [2.05, 4.69) is 25.6 Å². The predicted molar refractivity (Wildman–Crippen MR) is 118 cm³/mol. The highest BCUT2D eigenvalue weighted by molar-refractivity contribution is 5.94. The summed E-state index contributed by atoms with van der Waals surface area (Å²) in [6.45, 7) is 2.08. The molecule has 2 aromatic heterocycles. The number of hydrogen-bond acceptors (Lipinski definition) is 7. The highest BCUT2D eigenvalue weighted by atomic mass is 19.1. The Bertz CT molecular complexity index is 1320. The van der Waals surface area contributed by atoms with Gasteiger partial charge in [-0.25, -0.2) is 27.9 Å². The second kappa shape index (κ2) is 8.83. The Morgan fingerprint density at radius 2 is 1.86 bits per heavy atom. The molecule has 1 saturated heterocycles. The van der Waals surface area contributed by atoms with Crippen LogP contribution in [0.2, 0.25) is 0 Å². The Labute approximate surface area is 198 Å². The molecule has 2 aromatic carbocycles. The van der Waals surface area contributed by atoms with Crippen LogP contribution in [0.1, 0.15) is 12.5 Å². The first-order chi connectivity index (χ1) is 16.9. The van der Waals surface area contributed by atoms with Gasteiger partial charge in [0.1, 0.15) is 36.2 Å². The second-order valence-corrected chi connectivity index (χ2v) is 8.22. The Kier molecular flexibility index (Phi) is 5.68. The van der Waals surface area contributed by atoms with Crippen LogP contribution < -0.4 is 4.90 Å². The van der Waals surface area contributed by atoms with Crippen molar-refractivity contribution in [1.82, 2.24) is 39.9 Å². The van der Waals surface area contributed by atoms with Gasteiger partial charge in [0.2, 0.25) is 0 Å². The van der Waals surface area contributed by atoms with E-state index in [0.717, 1.165) is 11.8 Å². The molecule has 0 radical (unpaired) electrons. The lowest BCUT2D eigenvalue weighted by atomic mass is 9.85. The van der Waals surface area contributed by atoms with Crippen LogP contribution >= 0.6 is 0 Å². The van der Waals surface area contributed by atoms with Crippen molar-refractivity contribution in [2.75, 3.05) is 18.0 Å². The maximum absolute atomic E-state index is 14.8. The maximum atomic E-state index is 14.8. The van der Waals surface area contributed by atoms with Crippen molar-refractivity contribution in [3.63, 3.8) is 0 Å². The number of aliphatic hydroxyl groups is 1. The summed E-state index contributed by atoms with van der Waals surface area (Å²) in [5, 5.41) is 26.8. The summed E-state index contributed by atoms with van der Waals surface area (Å²) in [5.41, 5.74) is -0.681. The number of carbonyl (C=O) groups is 1. The molecule has 0 saturated carbocycles. The van der Waals surface area contributed by atoms with Gasteiger partial charge in [-0.15, -0.1) is 5.10 Å². The molecule has 1 fully saturated rings. The number of benzene rings is 2. The zero-order chi connectivity index (χ0) is 24.6. The normalized spacial score (nSPS) is 16.5. The first-order valence-corrected chi connectivity index (χ1v) is 10.8. The number of anilines is 1. The molecule has 2 amide bonds. The molecule has 4 aromatic rings. The molecule has 35 heavy (non-hydrogen) atoms. The average Bonchev–Trinajstić information content (AvgIpc) is 3.61. The molecule has 0 unspecified atom stereocenters. The number of rotatable bonds is 7. The van der Waals surface area contributed by atoms with E-state index in [1.807, 2.05) is 0 Å². The first kappa shape index (κ1) is 22.5. The van der Waals surface area contributed by atoms with Crippen LogP contribution in [0.3, 0.4) is 0 Å². The van der Waals surface area contributed by atoms with E-state index in [9.17, 15) is 18.7 Å². The molecule has 1 aliphatic rings. The van der Waals surface area contributed by atoms with Gasteiger partial charge in [0.05, 0.1) is 18.3 Å². The average molecular weight is 481 g/mol. The van der Waals surface area contributed by atoms with Crippen molar-refractivity contribution < 1.29 is 18.7 Å². The van der Waals surface area contributed by atoms with E-state index in [-0.39, 0.29) is 24.7 Å². The molecule has 0 bridgehead atoms.